The standard InChI is InChI=1S/C14H22ClN3O2S/c1-10-7-12(8-13(16)14(10)15)21(19,20)17-9-11-5-3-4-6-18(11)2/h7-8,11,17H,3-6,9,16H2,1-2H3. The number of piperidine rings is 1. The lowest BCUT2D eigenvalue weighted by atomic mass is 10.0. The van der Waals surface area contributed by atoms with Gasteiger partial charge in [0.25, 0.3) is 0 Å². The van der Waals surface area contributed by atoms with Crippen molar-refractivity contribution in [2.75, 3.05) is 25.9 Å². The predicted molar refractivity (Wildman–Crippen MR) is 86.1 cm³/mol. The van der Waals surface area contributed by atoms with Gasteiger partial charge in [0.15, 0.2) is 0 Å². The first kappa shape index (κ1) is 16.5. The molecule has 1 fully saturated rings. The zero-order valence-electron chi connectivity index (χ0n) is 12.4. The average Bonchev–Trinajstić information content (AvgIpc) is 2.43. The molecule has 0 spiro atoms. The topological polar surface area (TPSA) is 75.4 Å². The van der Waals surface area contributed by atoms with Crippen molar-refractivity contribution in [3.8, 4) is 0 Å². The highest BCUT2D eigenvalue weighted by Gasteiger charge is 2.22. The number of sulfonamides is 1. The summed E-state index contributed by atoms with van der Waals surface area (Å²) in [5.41, 5.74) is 6.69. The number of nitrogens with one attached hydrogen (secondary N) is 1. The number of hydrogen-bond donors (Lipinski definition) is 2. The molecule has 3 N–H and O–H groups in total. The van der Waals surface area contributed by atoms with Gasteiger partial charge in [0, 0.05) is 12.6 Å². The largest absolute Gasteiger partial charge is 0.397 e. The fourth-order valence-electron chi connectivity index (χ4n) is 2.61. The Hall–Kier alpha value is -0.820. The van der Waals surface area contributed by atoms with Crippen LogP contribution in [0.4, 0.5) is 5.69 Å². The summed E-state index contributed by atoms with van der Waals surface area (Å²) in [5.74, 6) is 0. The van der Waals surface area contributed by atoms with Gasteiger partial charge in [-0.3, -0.25) is 0 Å². The van der Waals surface area contributed by atoms with Gasteiger partial charge in [0.05, 0.1) is 15.6 Å². The molecule has 7 heteroatoms. The van der Waals surface area contributed by atoms with E-state index in [0.717, 1.165) is 19.4 Å². The third-order valence-electron chi connectivity index (χ3n) is 4.00. The van der Waals surface area contributed by atoms with Crippen molar-refractivity contribution in [1.82, 2.24) is 9.62 Å². The number of halogens is 1. The molecule has 1 aliphatic rings. The smallest absolute Gasteiger partial charge is 0.240 e. The second kappa shape index (κ2) is 6.52. The number of likely N-dealkylation sites (N-methyl/N-ethyl adjacent to an activating group) is 1. The van der Waals surface area contributed by atoms with Gasteiger partial charge in [-0.05, 0) is 51.1 Å². The molecule has 5 nitrogen and oxygen atoms in total. The summed E-state index contributed by atoms with van der Waals surface area (Å²) in [6.07, 6.45) is 3.33. The number of benzene rings is 1. The number of nitrogens with two attached hydrogens (primary N) is 1. The van der Waals surface area contributed by atoms with Gasteiger partial charge in [-0.2, -0.15) is 0 Å². The Kier molecular flexibility index (Phi) is 5.14. The highest BCUT2D eigenvalue weighted by molar-refractivity contribution is 7.89. The maximum absolute atomic E-state index is 12.4. The van der Waals surface area contributed by atoms with E-state index >= 15 is 0 Å². The second-order valence-electron chi connectivity index (χ2n) is 5.63. The molecule has 1 unspecified atom stereocenters. The molecule has 118 valence electrons. The van der Waals surface area contributed by atoms with Crippen LogP contribution < -0.4 is 10.5 Å². The van der Waals surface area contributed by atoms with E-state index in [1.165, 1.54) is 12.5 Å². The maximum atomic E-state index is 12.4. The molecular formula is C14H22ClN3O2S. The van der Waals surface area contributed by atoms with Gasteiger partial charge in [-0.25, -0.2) is 13.1 Å². The Morgan fingerprint density at radius 1 is 1.43 bits per heavy atom. The molecule has 1 aromatic carbocycles. The molecule has 0 aliphatic carbocycles. The Morgan fingerprint density at radius 2 is 2.14 bits per heavy atom. The van der Waals surface area contributed by atoms with Crippen LogP contribution in [0.5, 0.6) is 0 Å². The molecule has 1 aliphatic heterocycles. The van der Waals surface area contributed by atoms with Crippen LogP contribution in [0.25, 0.3) is 0 Å². The molecular weight excluding hydrogens is 310 g/mol. The number of nitrogens with zero attached hydrogens (tertiary/aromatic N) is 1. The van der Waals surface area contributed by atoms with E-state index in [2.05, 4.69) is 9.62 Å². The number of hydrogen-bond acceptors (Lipinski definition) is 4. The van der Waals surface area contributed by atoms with Crippen molar-refractivity contribution in [2.45, 2.75) is 37.1 Å². The van der Waals surface area contributed by atoms with E-state index < -0.39 is 10.0 Å². The van der Waals surface area contributed by atoms with Crippen molar-refractivity contribution in [3.63, 3.8) is 0 Å². The fourth-order valence-corrected chi connectivity index (χ4v) is 3.91. The molecule has 2 rings (SSSR count). The van der Waals surface area contributed by atoms with Crippen molar-refractivity contribution < 1.29 is 8.42 Å². The van der Waals surface area contributed by atoms with Gasteiger partial charge >= 0.3 is 0 Å². The van der Waals surface area contributed by atoms with E-state index in [-0.39, 0.29) is 16.6 Å². The highest BCUT2D eigenvalue weighted by atomic mass is 35.5. The number of rotatable bonds is 4. The summed E-state index contributed by atoms with van der Waals surface area (Å²) in [5, 5.41) is 0.404. The monoisotopic (exact) mass is 331 g/mol. The van der Waals surface area contributed by atoms with Gasteiger partial charge in [-0.15, -0.1) is 0 Å². The summed E-state index contributed by atoms with van der Waals surface area (Å²) < 4.78 is 27.4. The molecule has 0 amide bonds. The number of aryl methyl sites for hydroxylation is 1. The molecule has 0 saturated carbocycles. The van der Waals surface area contributed by atoms with E-state index in [1.54, 1.807) is 13.0 Å². The third kappa shape index (κ3) is 3.88. The highest BCUT2D eigenvalue weighted by Crippen LogP contribution is 2.26. The van der Waals surface area contributed by atoms with Gasteiger partial charge in [0.2, 0.25) is 10.0 Å². The lowest BCUT2D eigenvalue weighted by Gasteiger charge is -2.32. The van der Waals surface area contributed by atoms with Crippen molar-refractivity contribution in [2.24, 2.45) is 0 Å². The minimum Gasteiger partial charge on any atom is -0.397 e. The Morgan fingerprint density at radius 3 is 2.76 bits per heavy atom. The molecule has 21 heavy (non-hydrogen) atoms. The predicted octanol–water partition coefficient (Wildman–Crippen LogP) is 1.99. The van der Waals surface area contributed by atoms with Crippen LogP contribution in [0.15, 0.2) is 17.0 Å². The third-order valence-corrected chi connectivity index (χ3v) is 5.92. The molecule has 1 atom stereocenters. The molecule has 1 saturated heterocycles. The molecule has 0 bridgehead atoms. The van der Waals surface area contributed by atoms with Crippen LogP contribution in [0.2, 0.25) is 5.02 Å². The minimum absolute atomic E-state index is 0.167. The summed E-state index contributed by atoms with van der Waals surface area (Å²) in [7, 11) is -1.53. The lowest BCUT2D eigenvalue weighted by molar-refractivity contribution is 0.187. The normalized spacial score (nSPS) is 20.6. The van der Waals surface area contributed by atoms with Gasteiger partial charge in [0.1, 0.15) is 0 Å². The van der Waals surface area contributed by atoms with Crippen LogP contribution >= 0.6 is 11.6 Å². The number of likely N-dealkylation sites (tertiary alicyclic amines) is 1. The fraction of sp³-hybridized carbons (Fsp3) is 0.571. The van der Waals surface area contributed by atoms with Crippen LogP contribution in [0.1, 0.15) is 24.8 Å². The van der Waals surface area contributed by atoms with Crippen LogP contribution in [-0.2, 0) is 10.0 Å². The molecule has 0 aromatic heterocycles. The van der Waals surface area contributed by atoms with Gasteiger partial charge in [-0.1, -0.05) is 18.0 Å². The summed E-state index contributed by atoms with van der Waals surface area (Å²) in [6, 6.07) is 3.20. The maximum Gasteiger partial charge on any atom is 0.240 e. The first-order valence-electron chi connectivity index (χ1n) is 7.07. The van der Waals surface area contributed by atoms with E-state index in [0.29, 0.717) is 17.1 Å². The van der Waals surface area contributed by atoms with Gasteiger partial charge < -0.3 is 10.6 Å². The lowest BCUT2D eigenvalue weighted by Crippen LogP contribution is -2.44. The van der Waals surface area contributed by atoms with Crippen molar-refractivity contribution in [1.29, 1.82) is 0 Å². The Labute approximate surface area is 131 Å². The molecule has 1 aromatic rings. The average molecular weight is 332 g/mol. The Balaban J connectivity index is 2.11. The first-order chi connectivity index (χ1) is 9.81. The SMILES string of the molecule is Cc1cc(S(=O)(=O)NCC2CCCCN2C)cc(N)c1Cl. The summed E-state index contributed by atoms with van der Waals surface area (Å²) in [4.78, 5) is 2.37. The second-order valence-corrected chi connectivity index (χ2v) is 7.77. The first-order valence-corrected chi connectivity index (χ1v) is 8.93. The van der Waals surface area contributed by atoms with Crippen LogP contribution in [-0.4, -0.2) is 39.5 Å². The zero-order chi connectivity index (χ0) is 15.6. The van der Waals surface area contributed by atoms with E-state index in [9.17, 15) is 8.42 Å². The quantitative estimate of drug-likeness (QED) is 0.827. The zero-order valence-corrected chi connectivity index (χ0v) is 14.0. The number of nitrogen functional groups attached to an aromatic ring is 1. The van der Waals surface area contributed by atoms with Crippen molar-refractivity contribution >= 4 is 27.3 Å². The molecule has 0 radical (unpaired) electrons. The van der Waals surface area contributed by atoms with Crippen molar-refractivity contribution in [3.05, 3.63) is 22.7 Å². The van der Waals surface area contributed by atoms with E-state index in [4.69, 9.17) is 17.3 Å². The Bertz CT molecular complexity index is 596. The van der Waals surface area contributed by atoms with Crippen LogP contribution in [0, 0.1) is 6.92 Å². The summed E-state index contributed by atoms with van der Waals surface area (Å²) in [6.45, 7) is 3.17. The number of anilines is 1. The summed E-state index contributed by atoms with van der Waals surface area (Å²) >= 11 is 5.97. The van der Waals surface area contributed by atoms with E-state index in [1.807, 2.05) is 7.05 Å². The minimum atomic E-state index is -3.56. The molecule has 1 heterocycles. The van der Waals surface area contributed by atoms with Crippen LogP contribution in [0.3, 0.4) is 0 Å².